The molecule has 1 N–H and O–H groups in total. The Hall–Kier alpha value is -2.49. The molecule has 1 saturated heterocycles. The molecule has 0 atom stereocenters. The van der Waals surface area contributed by atoms with E-state index >= 15 is 0 Å². The number of aryl methyl sites for hydroxylation is 1. The molecule has 2 aliphatic rings. The Labute approximate surface area is 196 Å². The first-order valence-corrected chi connectivity index (χ1v) is 12.8. The van der Waals surface area contributed by atoms with Crippen LogP contribution in [0.4, 0.5) is 0 Å². The molecule has 0 radical (unpaired) electrons. The molecule has 0 spiro atoms. The molecule has 0 unspecified atom stereocenters. The number of thiazole rings is 1. The van der Waals surface area contributed by atoms with Crippen molar-refractivity contribution in [2.24, 2.45) is 0 Å². The smallest absolute Gasteiger partial charge is 0.197 e. The number of fused-ring (bicyclic) bond motifs is 2. The minimum Gasteiger partial charge on any atom is -0.493 e. The minimum absolute atomic E-state index is 0.577. The average molecular weight is 467 g/mol. The average Bonchev–Trinajstić information content (AvgIpc) is 3.58. The predicted octanol–water partition coefficient (Wildman–Crippen LogP) is 4.26. The summed E-state index contributed by atoms with van der Waals surface area (Å²) in [4.78, 5) is 16.9. The molecule has 9 heteroatoms. The fraction of sp³-hybridized carbons (Fsp3) is 0.542. The summed E-state index contributed by atoms with van der Waals surface area (Å²) in [7, 11) is 1.67. The summed E-state index contributed by atoms with van der Waals surface area (Å²) in [5, 5.41) is 5.61. The highest BCUT2D eigenvalue weighted by Crippen LogP contribution is 2.41. The van der Waals surface area contributed by atoms with Gasteiger partial charge in [0.05, 0.1) is 31.0 Å². The van der Waals surface area contributed by atoms with Gasteiger partial charge in [-0.15, -0.1) is 11.3 Å². The van der Waals surface area contributed by atoms with E-state index < -0.39 is 0 Å². The molecule has 1 aliphatic carbocycles. The lowest BCUT2D eigenvalue weighted by Gasteiger charge is -2.38. The fourth-order valence-electron chi connectivity index (χ4n) is 5.51. The lowest BCUT2D eigenvalue weighted by Crippen LogP contribution is -2.44. The summed E-state index contributed by atoms with van der Waals surface area (Å²) in [5.41, 5.74) is 5.25. The summed E-state index contributed by atoms with van der Waals surface area (Å²) in [6.45, 7) is 6.14. The van der Waals surface area contributed by atoms with Crippen molar-refractivity contribution < 1.29 is 9.47 Å². The third-order valence-electron chi connectivity index (χ3n) is 7.28. The monoisotopic (exact) mass is 466 g/mol. The van der Waals surface area contributed by atoms with E-state index in [4.69, 9.17) is 14.5 Å². The van der Waals surface area contributed by atoms with E-state index in [1.807, 2.05) is 23.6 Å². The van der Waals surface area contributed by atoms with Gasteiger partial charge in [0.25, 0.3) is 0 Å². The maximum absolute atomic E-state index is 5.57. The van der Waals surface area contributed by atoms with Crippen molar-refractivity contribution in [3.05, 3.63) is 29.2 Å². The van der Waals surface area contributed by atoms with Crippen LogP contribution in [-0.2, 0) is 11.2 Å². The Balaban J connectivity index is 1.27. The summed E-state index contributed by atoms with van der Waals surface area (Å²) < 4.78 is 12.9. The summed E-state index contributed by atoms with van der Waals surface area (Å²) in [5.74, 6) is 1.29. The lowest BCUT2D eigenvalue weighted by atomic mass is 9.85. The first kappa shape index (κ1) is 21.1. The van der Waals surface area contributed by atoms with Crippen LogP contribution in [0.2, 0.25) is 0 Å². The molecule has 0 aromatic carbocycles. The number of pyridine rings is 1. The Kier molecular flexibility index (Phi) is 5.55. The van der Waals surface area contributed by atoms with Crippen LogP contribution >= 0.6 is 11.3 Å². The molecule has 0 amide bonds. The van der Waals surface area contributed by atoms with Crippen molar-refractivity contribution in [3.63, 3.8) is 0 Å². The first-order valence-electron chi connectivity index (χ1n) is 12.0. The first-order chi connectivity index (χ1) is 16.2. The lowest BCUT2D eigenvalue weighted by molar-refractivity contribution is 0.00729. The molecule has 1 aliphatic heterocycles. The Morgan fingerprint density at radius 2 is 2.03 bits per heavy atom. The van der Waals surface area contributed by atoms with Crippen molar-refractivity contribution in [3.8, 4) is 17.0 Å². The Morgan fingerprint density at radius 1 is 1.21 bits per heavy atom. The van der Waals surface area contributed by atoms with Gasteiger partial charge in [-0.2, -0.15) is 5.10 Å². The molecule has 2 fully saturated rings. The second kappa shape index (κ2) is 8.70. The standard InChI is InChI=1S/C24H30N6O2S/c1-3-18-20(16-12-19(31-2)22-25-14-26-30(22)13-16)27-24-21(18)28-23(33-24)15-4-6-17(7-5-15)29-8-10-32-11-9-29/h12-15,17,27H,3-11H2,1-2H3. The number of hydrogen-bond acceptors (Lipinski definition) is 7. The van der Waals surface area contributed by atoms with Crippen molar-refractivity contribution >= 4 is 27.3 Å². The van der Waals surface area contributed by atoms with Crippen LogP contribution in [0.5, 0.6) is 5.75 Å². The van der Waals surface area contributed by atoms with E-state index in [0.29, 0.717) is 5.92 Å². The number of H-pyrrole nitrogens is 1. The zero-order valence-corrected chi connectivity index (χ0v) is 20.0. The number of aromatic nitrogens is 5. The van der Waals surface area contributed by atoms with Crippen LogP contribution in [0, 0.1) is 0 Å². The van der Waals surface area contributed by atoms with E-state index in [1.165, 1.54) is 41.1 Å². The fourth-order valence-corrected chi connectivity index (χ4v) is 6.68. The molecule has 0 bridgehead atoms. The molecular weight excluding hydrogens is 436 g/mol. The molecule has 6 rings (SSSR count). The molecule has 174 valence electrons. The molecule has 33 heavy (non-hydrogen) atoms. The highest BCUT2D eigenvalue weighted by Gasteiger charge is 2.30. The van der Waals surface area contributed by atoms with E-state index in [9.17, 15) is 0 Å². The van der Waals surface area contributed by atoms with Crippen molar-refractivity contribution in [2.75, 3.05) is 33.4 Å². The zero-order chi connectivity index (χ0) is 22.4. The van der Waals surface area contributed by atoms with Crippen LogP contribution in [0.15, 0.2) is 18.6 Å². The van der Waals surface area contributed by atoms with Gasteiger partial charge in [-0.3, -0.25) is 4.90 Å². The van der Waals surface area contributed by atoms with Gasteiger partial charge in [0, 0.05) is 42.4 Å². The van der Waals surface area contributed by atoms with Gasteiger partial charge in [0.1, 0.15) is 16.7 Å². The Bertz CT molecular complexity index is 1260. The van der Waals surface area contributed by atoms with Crippen LogP contribution in [0.25, 0.3) is 27.3 Å². The number of hydrogen-bond donors (Lipinski definition) is 1. The van der Waals surface area contributed by atoms with E-state index in [1.54, 1.807) is 18.0 Å². The van der Waals surface area contributed by atoms with E-state index in [0.717, 1.165) is 66.9 Å². The predicted molar refractivity (Wildman–Crippen MR) is 129 cm³/mol. The zero-order valence-electron chi connectivity index (χ0n) is 19.2. The van der Waals surface area contributed by atoms with Gasteiger partial charge >= 0.3 is 0 Å². The number of nitrogens with one attached hydrogen (secondary N) is 1. The number of nitrogens with zero attached hydrogens (tertiary/aromatic N) is 5. The van der Waals surface area contributed by atoms with Crippen LogP contribution < -0.4 is 4.74 Å². The highest BCUT2D eigenvalue weighted by atomic mass is 32.1. The SMILES string of the molecule is CCc1c(-c2cc(OC)c3ncnn3c2)[nH]c2sc(C3CCC(N4CCOCC4)CC3)nc12. The summed E-state index contributed by atoms with van der Waals surface area (Å²) in [6.07, 6.45) is 9.47. The summed E-state index contributed by atoms with van der Waals surface area (Å²) in [6, 6.07) is 2.75. The second-order valence-corrected chi connectivity index (χ2v) is 10.1. The number of morpholine rings is 1. The number of aromatic amines is 1. The van der Waals surface area contributed by atoms with Gasteiger partial charge < -0.3 is 14.5 Å². The minimum atomic E-state index is 0.577. The molecule has 1 saturated carbocycles. The van der Waals surface area contributed by atoms with Gasteiger partial charge in [-0.25, -0.2) is 14.5 Å². The second-order valence-electron chi connectivity index (χ2n) is 9.04. The van der Waals surface area contributed by atoms with Gasteiger partial charge in [-0.1, -0.05) is 6.92 Å². The maximum atomic E-state index is 5.57. The van der Waals surface area contributed by atoms with Crippen LogP contribution in [0.3, 0.4) is 0 Å². The third-order valence-corrected chi connectivity index (χ3v) is 8.41. The maximum Gasteiger partial charge on any atom is 0.197 e. The molecule has 4 aromatic rings. The van der Waals surface area contributed by atoms with Crippen LogP contribution in [-0.4, -0.2) is 68.9 Å². The molecule has 4 aromatic heterocycles. The normalized spacial score (nSPS) is 22.4. The quantitative estimate of drug-likeness (QED) is 0.473. The van der Waals surface area contributed by atoms with Gasteiger partial charge in [0.15, 0.2) is 11.4 Å². The largest absolute Gasteiger partial charge is 0.493 e. The summed E-state index contributed by atoms with van der Waals surface area (Å²) >= 11 is 1.83. The highest BCUT2D eigenvalue weighted by molar-refractivity contribution is 7.18. The van der Waals surface area contributed by atoms with Crippen molar-refractivity contribution in [1.82, 2.24) is 29.5 Å². The molecular formula is C24H30N6O2S. The Morgan fingerprint density at radius 3 is 2.79 bits per heavy atom. The molecule has 5 heterocycles. The molecule has 8 nitrogen and oxygen atoms in total. The van der Waals surface area contributed by atoms with Gasteiger partial charge in [-0.05, 0) is 38.2 Å². The van der Waals surface area contributed by atoms with Gasteiger partial charge in [0.2, 0.25) is 0 Å². The third kappa shape index (κ3) is 3.72. The van der Waals surface area contributed by atoms with E-state index in [2.05, 4.69) is 26.9 Å². The number of ether oxygens (including phenoxy) is 2. The van der Waals surface area contributed by atoms with Crippen LogP contribution in [0.1, 0.15) is 49.1 Å². The van der Waals surface area contributed by atoms with Crippen molar-refractivity contribution in [2.45, 2.75) is 51.0 Å². The van der Waals surface area contributed by atoms with Crippen molar-refractivity contribution in [1.29, 1.82) is 0 Å². The van der Waals surface area contributed by atoms with E-state index in [-0.39, 0.29) is 0 Å². The topological polar surface area (TPSA) is 80.6 Å². The number of methoxy groups -OCH3 is 1. The number of rotatable bonds is 5.